The number of rotatable bonds is 3. The fraction of sp³-hybridized carbons (Fsp3) is 0.0526. The Balaban J connectivity index is 2.51. The van der Waals surface area contributed by atoms with Crippen LogP contribution in [0.2, 0.25) is 50.2 Å². The zero-order valence-electron chi connectivity index (χ0n) is 14.5. The first kappa shape index (κ1) is 25.6. The fourth-order valence-corrected chi connectivity index (χ4v) is 5.40. The third-order valence-corrected chi connectivity index (χ3v) is 8.71. The van der Waals surface area contributed by atoms with E-state index < -0.39 is 0 Å². The van der Waals surface area contributed by atoms with Crippen molar-refractivity contribution in [2.24, 2.45) is 0 Å². The van der Waals surface area contributed by atoms with E-state index in [9.17, 15) is 0 Å². The molecular formula is C19H4Cl10N2. The lowest BCUT2D eigenvalue weighted by Gasteiger charge is -2.19. The van der Waals surface area contributed by atoms with Gasteiger partial charge in [-0.15, -0.1) is 0 Å². The largest absolute Gasteiger partial charge is 0.255 e. The monoisotopic (exact) mass is 610 g/mol. The molecule has 0 unspecified atom stereocenters. The maximum Gasteiger partial charge on any atom is 0.0812 e. The molecule has 3 rings (SSSR count). The fourth-order valence-electron chi connectivity index (χ4n) is 2.74. The van der Waals surface area contributed by atoms with Crippen molar-refractivity contribution in [3.63, 3.8) is 0 Å². The van der Waals surface area contributed by atoms with Crippen molar-refractivity contribution in [2.75, 3.05) is 0 Å². The Morgan fingerprint density at radius 3 is 1.42 bits per heavy atom. The average Bonchev–Trinajstić information content (AvgIpc) is 2.75. The molecule has 0 N–H and O–H groups in total. The Morgan fingerprint density at radius 1 is 0.613 bits per heavy atom. The third kappa shape index (κ3) is 4.53. The molecule has 3 aromatic rings. The molecule has 160 valence electrons. The lowest BCUT2D eigenvalue weighted by atomic mass is 9.96. The molecule has 0 saturated heterocycles. The van der Waals surface area contributed by atoms with Crippen molar-refractivity contribution in [3.05, 3.63) is 68.1 Å². The van der Waals surface area contributed by atoms with Gasteiger partial charge in [-0.05, 0) is 11.6 Å². The Kier molecular flexibility index (Phi) is 8.32. The maximum atomic E-state index is 9.11. The first-order valence-corrected chi connectivity index (χ1v) is 11.7. The van der Waals surface area contributed by atoms with Crippen LogP contribution in [0.25, 0.3) is 22.4 Å². The summed E-state index contributed by atoms with van der Waals surface area (Å²) < 4.78 is 0. The third-order valence-electron chi connectivity index (χ3n) is 4.15. The highest BCUT2D eigenvalue weighted by molar-refractivity contribution is 6.58. The first-order valence-electron chi connectivity index (χ1n) is 7.92. The molecule has 1 heterocycles. The van der Waals surface area contributed by atoms with E-state index in [1.165, 1.54) is 6.20 Å². The molecule has 2 nitrogen and oxygen atoms in total. The van der Waals surface area contributed by atoms with Crippen LogP contribution < -0.4 is 0 Å². The standard InChI is InChI=1S/C19H4Cl10N2/c20-9-7(10(21)14(25)17(28)13(9)24)6-3-5(1-2-30)4-31-19(6)8-11(22)15(26)18(29)16(27)12(8)23/h3-4H,1H2. The smallest absolute Gasteiger partial charge is 0.0812 e. The molecule has 0 amide bonds. The zero-order valence-corrected chi connectivity index (χ0v) is 22.1. The van der Waals surface area contributed by atoms with Gasteiger partial charge >= 0.3 is 0 Å². The van der Waals surface area contributed by atoms with Crippen LogP contribution in [0.15, 0.2) is 12.3 Å². The molecule has 0 aliphatic heterocycles. The average molecular weight is 615 g/mol. The summed E-state index contributed by atoms with van der Waals surface area (Å²) >= 11 is 63.0. The van der Waals surface area contributed by atoms with Crippen molar-refractivity contribution in [1.29, 1.82) is 5.26 Å². The molecule has 0 bridgehead atoms. The van der Waals surface area contributed by atoms with Gasteiger partial charge in [0, 0.05) is 22.9 Å². The van der Waals surface area contributed by atoms with Crippen molar-refractivity contribution in [2.45, 2.75) is 6.42 Å². The summed E-state index contributed by atoms with van der Waals surface area (Å²) in [6.07, 6.45) is 1.51. The lowest BCUT2D eigenvalue weighted by Crippen LogP contribution is -1.98. The SMILES string of the molecule is N#CCc1cnc(-c2c(Cl)c(Cl)c(Cl)c(Cl)c2Cl)c(-c2c(Cl)c(Cl)c(Cl)c(Cl)c2Cl)c1. The second-order valence-corrected chi connectivity index (χ2v) is 9.74. The molecular weight excluding hydrogens is 611 g/mol. The first-order chi connectivity index (χ1) is 14.5. The van der Waals surface area contributed by atoms with Gasteiger partial charge in [-0.1, -0.05) is 116 Å². The van der Waals surface area contributed by atoms with Gasteiger partial charge in [0.15, 0.2) is 0 Å². The van der Waals surface area contributed by atoms with Crippen LogP contribution in [0.3, 0.4) is 0 Å². The summed E-state index contributed by atoms with van der Waals surface area (Å²) in [4.78, 5) is 4.42. The van der Waals surface area contributed by atoms with Crippen LogP contribution in [-0.2, 0) is 6.42 Å². The highest BCUT2D eigenvalue weighted by atomic mass is 35.5. The summed E-state index contributed by atoms with van der Waals surface area (Å²) in [7, 11) is 0. The summed E-state index contributed by atoms with van der Waals surface area (Å²) in [5, 5.41) is 9.02. The predicted molar refractivity (Wildman–Crippen MR) is 135 cm³/mol. The van der Waals surface area contributed by atoms with Crippen LogP contribution in [0.4, 0.5) is 0 Å². The summed E-state index contributed by atoms with van der Waals surface area (Å²) in [6.45, 7) is 0. The molecule has 0 radical (unpaired) electrons. The van der Waals surface area contributed by atoms with Gasteiger partial charge in [0.25, 0.3) is 0 Å². The van der Waals surface area contributed by atoms with Crippen LogP contribution in [-0.4, -0.2) is 4.98 Å². The Hall–Kier alpha value is -0.0200. The van der Waals surface area contributed by atoms with E-state index in [0.29, 0.717) is 11.1 Å². The Bertz CT molecular complexity index is 1220. The van der Waals surface area contributed by atoms with E-state index in [1.54, 1.807) is 6.07 Å². The van der Waals surface area contributed by atoms with Crippen molar-refractivity contribution in [3.8, 4) is 28.5 Å². The minimum absolute atomic E-state index is 0.00116. The van der Waals surface area contributed by atoms with Gasteiger partial charge in [-0.3, -0.25) is 4.98 Å². The summed E-state index contributed by atoms with van der Waals surface area (Å²) in [6, 6.07) is 3.67. The number of nitriles is 1. The molecule has 0 saturated carbocycles. The van der Waals surface area contributed by atoms with Gasteiger partial charge in [0.1, 0.15) is 0 Å². The van der Waals surface area contributed by atoms with E-state index in [1.807, 2.05) is 6.07 Å². The lowest BCUT2D eigenvalue weighted by molar-refractivity contribution is 1.19. The molecule has 0 atom stereocenters. The number of pyridine rings is 1. The molecule has 0 aliphatic carbocycles. The molecule has 0 fully saturated rings. The van der Waals surface area contributed by atoms with Gasteiger partial charge in [0.05, 0.1) is 68.4 Å². The zero-order chi connectivity index (χ0) is 23.2. The second kappa shape index (κ2) is 10.1. The summed E-state index contributed by atoms with van der Waals surface area (Å²) in [5.41, 5.74) is 1.46. The van der Waals surface area contributed by atoms with Gasteiger partial charge in [-0.25, -0.2) is 0 Å². The number of halogens is 10. The number of hydrogen-bond acceptors (Lipinski definition) is 2. The predicted octanol–water partition coefficient (Wildman–Crippen LogP) is 11.0. The normalized spacial score (nSPS) is 11.0. The van der Waals surface area contributed by atoms with Crippen LogP contribution in [0, 0.1) is 11.3 Å². The molecule has 1 aromatic heterocycles. The molecule has 31 heavy (non-hydrogen) atoms. The highest BCUT2D eigenvalue weighted by Gasteiger charge is 2.27. The van der Waals surface area contributed by atoms with Gasteiger partial charge < -0.3 is 0 Å². The quantitative estimate of drug-likeness (QED) is 0.217. The van der Waals surface area contributed by atoms with Gasteiger partial charge in [0.2, 0.25) is 0 Å². The van der Waals surface area contributed by atoms with Crippen molar-refractivity contribution < 1.29 is 0 Å². The van der Waals surface area contributed by atoms with E-state index in [4.69, 9.17) is 121 Å². The molecule has 0 spiro atoms. The van der Waals surface area contributed by atoms with Crippen molar-refractivity contribution >= 4 is 116 Å². The van der Waals surface area contributed by atoms with Gasteiger partial charge in [-0.2, -0.15) is 5.26 Å². The summed E-state index contributed by atoms with van der Waals surface area (Å²) in [5.74, 6) is 0. The molecule has 2 aromatic carbocycles. The maximum absolute atomic E-state index is 9.11. The van der Waals surface area contributed by atoms with E-state index in [-0.39, 0.29) is 73.5 Å². The van der Waals surface area contributed by atoms with E-state index in [0.717, 1.165) is 0 Å². The highest BCUT2D eigenvalue weighted by Crippen LogP contribution is 2.53. The molecule has 12 heteroatoms. The number of nitrogens with zero attached hydrogens (tertiary/aromatic N) is 2. The number of aromatic nitrogens is 1. The van der Waals surface area contributed by atoms with Crippen LogP contribution in [0.1, 0.15) is 5.56 Å². The number of hydrogen-bond donors (Lipinski definition) is 0. The van der Waals surface area contributed by atoms with Crippen LogP contribution in [0.5, 0.6) is 0 Å². The van der Waals surface area contributed by atoms with Crippen molar-refractivity contribution in [1.82, 2.24) is 4.98 Å². The topological polar surface area (TPSA) is 36.7 Å². The van der Waals surface area contributed by atoms with E-state index in [2.05, 4.69) is 4.98 Å². The Morgan fingerprint density at radius 2 is 1.00 bits per heavy atom. The minimum atomic E-state index is -0.0223. The second-order valence-electron chi connectivity index (χ2n) is 5.96. The molecule has 0 aliphatic rings. The number of benzene rings is 2. The minimum Gasteiger partial charge on any atom is -0.255 e. The van der Waals surface area contributed by atoms with E-state index >= 15 is 0 Å². The Labute approximate surface area is 227 Å². The van der Waals surface area contributed by atoms with Crippen LogP contribution >= 0.6 is 116 Å².